The molecule has 35 heavy (non-hydrogen) atoms. The molecule has 0 aliphatic carbocycles. The number of carbonyl (C=O) groups is 1. The van der Waals surface area contributed by atoms with Crippen molar-refractivity contribution in [3.8, 4) is 11.6 Å². The number of aryl methyl sites for hydroxylation is 1. The number of anilines is 2. The van der Waals surface area contributed by atoms with E-state index in [4.69, 9.17) is 16.3 Å². The molecule has 1 N–H and O–H groups in total. The van der Waals surface area contributed by atoms with Gasteiger partial charge in [0.1, 0.15) is 23.8 Å². The number of aliphatic hydroxyl groups is 1. The van der Waals surface area contributed by atoms with E-state index in [0.717, 1.165) is 25.9 Å². The summed E-state index contributed by atoms with van der Waals surface area (Å²) in [6, 6.07) is 6.65. The third-order valence-electron chi connectivity index (χ3n) is 6.28. The fourth-order valence-electron chi connectivity index (χ4n) is 4.42. The largest absolute Gasteiger partial charge is 0.490 e. The van der Waals surface area contributed by atoms with Crippen LogP contribution in [0.25, 0.3) is 5.82 Å². The lowest BCUT2D eigenvalue weighted by Gasteiger charge is -2.32. The van der Waals surface area contributed by atoms with Crippen molar-refractivity contribution in [3.63, 3.8) is 0 Å². The lowest BCUT2D eigenvalue weighted by atomic mass is 10.1. The molecule has 0 bridgehead atoms. The van der Waals surface area contributed by atoms with Crippen molar-refractivity contribution in [3.05, 3.63) is 63.9 Å². The fourth-order valence-corrected chi connectivity index (χ4v) is 4.52. The van der Waals surface area contributed by atoms with Gasteiger partial charge in [0.05, 0.1) is 28.8 Å². The topological polar surface area (TPSA) is 114 Å². The molecular weight excluding hydrogens is 472 g/mol. The van der Waals surface area contributed by atoms with Crippen molar-refractivity contribution in [1.82, 2.24) is 19.5 Å². The quantitative estimate of drug-likeness (QED) is 0.571. The predicted octanol–water partition coefficient (Wildman–Crippen LogP) is 2.13. The normalized spacial score (nSPS) is 18.8. The van der Waals surface area contributed by atoms with Crippen LogP contribution in [0, 0.1) is 6.92 Å². The van der Waals surface area contributed by atoms with E-state index in [-0.39, 0.29) is 17.6 Å². The van der Waals surface area contributed by atoms with E-state index in [1.54, 1.807) is 43.7 Å². The summed E-state index contributed by atoms with van der Waals surface area (Å²) in [6.45, 7) is 3.71. The molecule has 5 rings (SSSR count). The Kier molecular flexibility index (Phi) is 6.40. The predicted molar refractivity (Wildman–Crippen MR) is 130 cm³/mol. The van der Waals surface area contributed by atoms with E-state index in [2.05, 4.69) is 19.9 Å². The molecule has 0 aromatic carbocycles. The number of nitrogens with zero attached hydrogens (tertiary/aromatic N) is 6. The molecule has 1 amide bonds. The van der Waals surface area contributed by atoms with Gasteiger partial charge in [0.2, 0.25) is 5.95 Å². The van der Waals surface area contributed by atoms with Crippen LogP contribution in [0.5, 0.6) is 5.75 Å². The Morgan fingerprint density at radius 3 is 2.43 bits per heavy atom. The number of ether oxygens (including phenoxy) is 1. The molecule has 2 aliphatic rings. The van der Waals surface area contributed by atoms with Crippen molar-refractivity contribution in [2.45, 2.75) is 38.4 Å². The van der Waals surface area contributed by atoms with Crippen LogP contribution in [-0.4, -0.2) is 62.4 Å². The van der Waals surface area contributed by atoms with Crippen LogP contribution in [-0.2, 0) is 4.79 Å². The van der Waals surface area contributed by atoms with E-state index < -0.39 is 6.10 Å². The second kappa shape index (κ2) is 9.63. The zero-order valence-corrected chi connectivity index (χ0v) is 19.9. The van der Waals surface area contributed by atoms with Gasteiger partial charge < -0.3 is 19.6 Å². The SMILES string of the molecule is Cc1nc(-n2ccc(OC3CCN(c4ncc(Cl)cn4)CC3)cc2=O)ccc1N1CC[C@H](O)C1=O. The zero-order chi connectivity index (χ0) is 24.5. The van der Waals surface area contributed by atoms with Gasteiger partial charge in [-0.1, -0.05) is 11.6 Å². The summed E-state index contributed by atoms with van der Waals surface area (Å²) in [4.78, 5) is 41.6. The van der Waals surface area contributed by atoms with Crippen molar-refractivity contribution in [1.29, 1.82) is 0 Å². The summed E-state index contributed by atoms with van der Waals surface area (Å²) in [6.07, 6.45) is 5.78. The lowest BCUT2D eigenvalue weighted by molar-refractivity contribution is -0.124. The average Bonchev–Trinajstić information content (AvgIpc) is 3.18. The minimum Gasteiger partial charge on any atom is -0.490 e. The number of rotatable bonds is 5. The Morgan fingerprint density at radius 1 is 1.06 bits per heavy atom. The molecule has 0 radical (unpaired) electrons. The average molecular weight is 497 g/mol. The number of hydrogen-bond donors (Lipinski definition) is 1. The number of hydrogen-bond acceptors (Lipinski definition) is 8. The van der Waals surface area contributed by atoms with Crippen molar-refractivity contribution >= 4 is 29.1 Å². The van der Waals surface area contributed by atoms with Crippen LogP contribution in [0.3, 0.4) is 0 Å². The molecule has 0 spiro atoms. The van der Waals surface area contributed by atoms with Crippen LogP contribution in [0.2, 0.25) is 5.02 Å². The Bertz CT molecular complexity index is 1290. The number of aliphatic hydroxyl groups excluding tert-OH is 1. The minimum atomic E-state index is -0.970. The fraction of sp³-hybridized carbons (Fsp3) is 0.375. The maximum atomic E-state index is 12.8. The molecule has 11 heteroatoms. The molecule has 2 saturated heterocycles. The number of amides is 1. The first-order valence-corrected chi connectivity index (χ1v) is 11.9. The van der Waals surface area contributed by atoms with Crippen LogP contribution >= 0.6 is 11.6 Å². The van der Waals surface area contributed by atoms with Gasteiger partial charge in [-0.3, -0.25) is 14.2 Å². The van der Waals surface area contributed by atoms with E-state index >= 15 is 0 Å². The van der Waals surface area contributed by atoms with Crippen molar-refractivity contribution in [2.75, 3.05) is 29.4 Å². The van der Waals surface area contributed by atoms with Crippen LogP contribution in [0.15, 0.2) is 47.7 Å². The van der Waals surface area contributed by atoms with E-state index in [0.29, 0.717) is 46.9 Å². The van der Waals surface area contributed by atoms with Crippen LogP contribution in [0.1, 0.15) is 25.0 Å². The Hall–Kier alpha value is -3.50. The Labute approximate surface area is 206 Å². The van der Waals surface area contributed by atoms with Crippen molar-refractivity contribution < 1.29 is 14.6 Å². The number of aromatic nitrogens is 4. The standard InChI is InChI=1S/C24H25ClN6O4/c1-15-19(30-11-7-20(32)23(30)34)2-3-21(28-15)31-10-6-18(12-22(31)33)35-17-4-8-29(9-5-17)24-26-13-16(25)14-27-24/h2-3,6,10,12-14,17,20,32H,4-5,7-9,11H2,1H3/t20-/m0/s1. The summed E-state index contributed by atoms with van der Waals surface area (Å²) in [5.41, 5.74) is 0.981. The molecule has 3 aromatic rings. The first kappa shape index (κ1) is 23.3. The van der Waals surface area contributed by atoms with Gasteiger partial charge in [0.15, 0.2) is 0 Å². The highest BCUT2D eigenvalue weighted by atomic mass is 35.5. The maximum absolute atomic E-state index is 12.8. The molecule has 3 aromatic heterocycles. The Balaban J connectivity index is 1.24. The molecule has 1 atom stereocenters. The van der Waals surface area contributed by atoms with E-state index in [1.807, 2.05) is 0 Å². The number of piperidine rings is 1. The van der Waals surface area contributed by atoms with Gasteiger partial charge in [0, 0.05) is 51.2 Å². The number of carbonyl (C=O) groups excluding carboxylic acids is 1. The highest BCUT2D eigenvalue weighted by molar-refractivity contribution is 6.30. The van der Waals surface area contributed by atoms with E-state index in [9.17, 15) is 14.7 Å². The molecule has 2 aliphatic heterocycles. The molecule has 0 unspecified atom stereocenters. The third kappa shape index (κ3) is 4.85. The summed E-state index contributed by atoms with van der Waals surface area (Å²) in [7, 11) is 0. The first-order valence-electron chi connectivity index (χ1n) is 11.5. The highest BCUT2D eigenvalue weighted by Gasteiger charge is 2.32. The van der Waals surface area contributed by atoms with Crippen molar-refractivity contribution in [2.24, 2.45) is 0 Å². The molecule has 182 valence electrons. The van der Waals surface area contributed by atoms with Crippen LogP contribution in [0.4, 0.5) is 11.6 Å². The third-order valence-corrected chi connectivity index (χ3v) is 6.48. The molecule has 10 nitrogen and oxygen atoms in total. The van der Waals surface area contributed by atoms with Gasteiger partial charge >= 0.3 is 0 Å². The summed E-state index contributed by atoms with van der Waals surface area (Å²) < 4.78 is 7.51. The van der Waals surface area contributed by atoms with Gasteiger partial charge in [0.25, 0.3) is 11.5 Å². The number of pyridine rings is 2. The zero-order valence-electron chi connectivity index (χ0n) is 19.2. The van der Waals surface area contributed by atoms with Crippen LogP contribution < -0.4 is 20.1 Å². The van der Waals surface area contributed by atoms with E-state index in [1.165, 1.54) is 15.5 Å². The van der Waals surface area contributed by atoms with Gasteiger partial charge in [-0.15, -0.1) is 0 Å². The molecule has 2 fully saturated rings. The Morgan fingerprint density at radius 2 is 1.80 bits per heavy atom. The smallest absolute Gasteiger partial charge is 0.259 e. The lowest BCUT2D eigenvalue weighted by Crippen LogP contribution is -2.39. The second-order valence-corrected chi connectivity index (χ2v) is 9.08. The second-order valence-electron chi connectivity index (χ2n) is 8.64. The summed E-state index contributed by atoms with van der Waals surface area (Å²) >= 11 is 5.86. The highest BCUT2D eigenvalue weighted by Crippen LogP contribution is 2.25. The van der Waals surface area contributed by atoms with Gasteiger partial charge in [-0.25, -0.2) is 15.0 Å². The molecule has 0 saturated carbocycles. The first-order chi connectivity index (χ1) is 16.9. The van der Waals surface area contributed by atoms with Gasteiger partial charge in [-0.2, -0.15) is 0 Å². The minimum absolute atomic E-state index is 0.0122. The maximum Gasteiger partial charge on any atom is 0.259 e. The molecular formula is C24H25ClN6O4. The summed E-state index contributed by atoms with van der Waals surface area (Å²) in [5.74, 6) is 1.28. The summed E-state index contributed by atoms with van der Waals surface area (Å²) in [5, 5.41) is 10.2. The molecule has 5 heterocycles. The van der Waals surface area contributed by atoms with Gasteiger partial charge in [-0.05, 0) is 25.1 Å². The number of halogens is 1. The monoisotopic (exact) mass is 496 g/mol.